The Balaban J connectivity index is 1.62. The van der Waals surface area contributed by atoms with Crippen LogP contribution in [0.25, 0.3) is 33.1 Å². The lowest BCUT2D eigenvalue weighted by Crippen LogP contribution is -2.05. The number of H-pyrrole nitrogens is 1. The smallest absolute Gasteiger partial charge is 0.223 e. The maximum absolute atomic E-state index is 5.94. The normalized spacial score (nSPS) is 13.2. The van der Waals surface area contributed by atoms with E-state index in [1.54, 1.807) is 17.5 Å². The van der Waals surface area contributed by atoms with Gasteiger partial charge in [-0.3, -0.25) is 4.98 Å². The number of fused-ring (bicyclic) bond motifs is 5. The van der Waals surface area contributed by atoms with E-state index < -0.39 is 0 Å². The lowest BCUT2D eigenvalue weighted by atomic mass is 10.0. The predicted octanol–water partition coefficient (Wildman–Crippen LogP) is 3.72. The first-order chi connectivity index (χ1) is 14.2. The van der Waals surface area contributed by atoms with Crippen LogP contribution in [0.4, 0.5) is 11.8 Å². The third kappa shape index (κ3) is 2.74. The van der Waals surface area contributed by atoms with Crippen LogP contribution < -0.4 is 15.8 Å². The van der Waals surface area contributed by atoms with E-state index in [2.05, 4.69) is 36.3 Å². The van der Waals surface area contributed by atoms with Crippen molar-refractivity contribution in [3.8, 4) is 16.9 Å². The van der Waals surface area contributed by atoms with Crippen molar-refractivity contribution < 1.29 is 4.74 Å². The Morgan fingerprint density at radius 1 is 1.10 bits per heavy atom. The number of pyridine rings is 1. The standard InChI is InChI=1S/C20H15N7OS/c21-20-26-18-17-14(7-24-18)10-1-2-15-11(3-10)4-12(5-22-15)28-9-13-6-23-16(29-13)8-25-19(17)27-20/h1-7H,8-9H2,(H4,21,24,25,26,27). The van der Waals surface area contributed by atoms with Gasteiger partial charge in [-0.2, -0.15) is 9.97 Å². The van der Waals surface area contributed by atoms with Crippen LogP contribution >= 0.6 is 11.3 Å². The number of nitrogen functional groups attached to an aromatic ring is 1. The number of nitrogens with one attached hydrogen (secondary N) is 2. The van der Waals surface area contributed by atoms with Gasteiger partial charge in [0.1, 0.15) is 28.8 Å². The number of hydrogen-bond donors (Lipinski definition) is 3. The zero-order chi connectivity index (χ0) is 19.4. The Labute approximate surface area is 168 Å². The molecule has 0 saturated heterocycles. The summed E-state index contributed by atoms with van der Waals surface area (Å²) in [7, 11) is 0. The molecule has 9 heteroatoms. The molecule has 0 unspecified atom stereocenters. The second kappa shape index (κ2) is 6.14. The van der Waals surface area contributed by atoms with Gasteiger partial charge in [0.25, 0.3) is 0 Å². The van der Waals surface area contributed by atoms with Gasteiger partial charge in [0.05, 0.1) is 28.5 Å². The molecular weight excluding hydrogens is 386 g/mol. The van der Waals surface area contributed by atoms with Crippen molar-refractivity contribution in [3.63, 3.8) is 0 Å². The molecule has 142 valence electrons. The molecule has 0 saturated carbocycles. The van der Waals surface area contributed by atoms with Crippen molar-refractivity contribution in [2.24, 2.45) is 0 Å². The van der Waals surface area contributed by atoms with Crippen LogP contribution in [-0.2, 0) is 13.2 Å². The molecule has 0 atom stereocenters. The molecule has 8 nitrogen and oxygen atoms in total. The summed E-state index contributed by atoms with van der Waals surface area (Å²) in [5, 5.41) is 6.21. The minimum atomic E-state index is 0.215. The third-order valence-corrected chi connectivity index (χ3v) is 5.88. The van der Waals surface area contributed by atoms with Crippen LogP contribution in [-0.4, -0.2) is 24.9 Å². The van der Waals surface area contributed by atoms with E-state index in [0.717, 1.165) is 43.1 Å². The topological polar surface area (TPSA) is 115 Å². The molecule has 1 aromatic carbocycles. The second-order valence-electron chi connectivity index (χ2n) is 6.80. The van der Waals surface area contributed by atoms with Crippen LogP contribution in [0.5, 0.6) is 5.75 Å². The quantitative estimate of drug-likeness (QED) is 0.362. The highest BCUT2D eigenvalue weighted by Crippen LogP contribution is 2.35. The minimum absolute atomic E-state index is 0.215. The molecular formula is C20H15N7OS. The fourth-order valence-corrected chi connectivity index (χ4v) is 4.35. The molecule has 5 heterocycles. The van der Waals surface area contributed by atoms with Gasteiger partial charge in [-0.15, -0.1) is 11.3 Å². The van der Waals surface area contributed by atoms with Crippen LogP contribution in [0.15, 0.2) is 42.9 Å². The van der Waals surface area contributed by atoms with E-state index in [1.807, 2.05) is 30.6 Å². The maximum atomic E-state index is 5.94. The van der Waals surface area contributed by atoms with E-state index in [9.17, 15) is 0 Å². The van der Waals surface area contributed by atoms with E-state index in [-0.39, 0.29) is 5.95 Å². The summed E-state index contributed by atoms with van der Waals surface area (Å²) in [5.41, 5.74) is 9.55. The number of nitrogens with zero attached hydrogens (tertiary/aromatic N) is 4. The van der Waals surface area contributed by atoms with E-state index in [1.165, 1.54) is 0 Å². The monoisotopic (exact) mass is 401 g/mol. The summed E-state index contributed by atoms with van der Waals surface area (Å²) in [4.78, 5) is 22.1. The Hall–Kier alpha value is -3.72. The van der Waals surface area contributed by atoms with Crippen molar-refractivity contribution in [2.45, 2.75) is 13.2 Å². The van der Waals surface area contributed by atoms with Crippen molar-refractivity contribution >= 4 is 45.0 Å². The molecule has 0 radical (unpaired) electrons. The molecule has 5 aromatic rings. The zero-order valence-corrected chi connectivity index (χ0v) is 16.0. The van der Waals surface area contributed by atoms with Gasteiger partial charge in [0.2, 0.25) is 5.95 Å². The number of hydrogen-bond acceptors (Lipinski definition) is 8. The van der Waals surface area contributed by atoms with Gasteiger partial charge in [-0.25, -0.2) is 4.98 Å². The van der Waals surface area contributed by atoms with Crippen LogP contribution in [0.1, 0.15) is 9.88 Å². The Kier molecular flexibility index (Phi) is 3.44. The number of ether oxygens (including phenoxy) is 1. The summed E-state index contributed by atoms with van der Waals surface area (Å²) < 4.78 is 5.94. The van der Waals surface area contributed by atoms with Gasteiger partial charge in [0.15, 0.2) is 0 Å². The summed E-state index contributed by atoms with van der Waals surface area (Å²) in [6.45, 7) is 0.991. The van der Waals surface area contributed by atoms with Crippen LogP contribution in [0.3, 0.4) is 0 Å². The minimum Gasteiger partial charge on any atom is -0.486 e. The maximum Gasteiger partial charge on any atom is 0.223 e. The van der Waals surface area contributed by atoms with E-state index in [0.29, 0.717) is 24.6 Å². The summed E-state index contributed by atoms with van der Waals surface area (Å²) in [6, 6.07) is 8.16. The summed E-state index contributed by atoms with van der Waals surface area (Å²) in [5.74, 6) is 1.62. The van der Waals surface area contributed by atoms with E-state index in [4.69, 9.17) is 10.5 Å². The summed E-state index contributed by atoms with van der Waals surface area (Å²) in [6.07, 6.45) is 5.52. The third-order valence-electron chi connectivity index (χ3n) is 4.91. The highest BCUT2D eigenvalue weighted by molar-refractivity contribution is 7.11. The molecule has 6 rings (SSSR count). The number of rotatable bonds is 0. The van der Waals surface area contributed by atoms with Crippen LogP contribution in [0.2, 0.25) is 0 Å². The molecule has 1 aliphatic rings. The number of benzene rings is 1. The van der Waals surface area contributed by atoms with Gasteiger partial charge >= 0.3 is 0 Å². The predicted molar refractivity (Wildman–Crippen MR) is 113 cm³/mol. The first-order valence-corrected chi connectivity index (χ1v) is 9.90. The van der Waals surface area contributed by atoms with Crippen molar-refractivity contribution in [3.05, 3.63) is 52.7 Å². The molecule has 0 amide bonds. The first kappa shape index (κ1) is 16.3. The van der Waals surface area contributed by atoms with Gasteiger partial charge in [-0.1, -0.05) is 6.07 Å². The van der Waals surface area contributed by atoms with Crippen molar-refractivity contribution in [2.75, 3.05) is 11.1 Å². The SMILES string of the molecule is Nc1nc2c3c(c[nH]c3n1)-c1ccc3ncc(cc3c1)OCc1cnc(s1)CN2. The number of aromatic nitrogens is 5. The molecule has 0 spiro atoms. The molecule has 5 bridgehead atoms. The van der Waals surface area contributed by atoms with E-state index >= 15 is 0 Å². The number of nitrogens with two attached hydrogens (primary N) is 1. The Morgan fingerprint density at radius 2 is 2.07 bits per heavy atom. The molecule has 29 heavy (non-hydrogen) atoms. The average molecular weight is 401 g/mol. The highest BCUT2D eigenvalue weighted by Gasteiger charge is 2.16. The lowest BCUT2D eigenvalue weighted by molar-refractivity contribution is 0.309. The molecule has 0 aliphatic carbocycles. The fraction of sp³-hybridized carbons (Fsp3) is 0.100. The first-order valence-electron chi connectivity index (χ1n) is 9.08. The Bertz CT molecular complexity index is 1390. The largest absolute Gasteiger partial charge is 0.486 e. The number of aromatic amines is 1. The molecule has 4 N–H and O–H groups in total. The van der Waals surface area contributed by atoms with Gasteiger partial charge in [0, 0.05) is 23.3 Å². The molecule has 0 fully saturated rings. The lowest BCUT2D eigenvalue weighted by Gasteiger charge is -2.09. The average Bonchev–Trinajstić information content (AvgIpc) is 3.36. The second-order valence-corrected chi connectivity index (χ2v) is 8.00. The van der Waals surface area contributed by atoms with Gasteiger partial charge in [-0.05, 0) is 23.8 Å². The highest BCUT2D eigenvalue weighted by atomic mass is 32.1. The van der Waals surface area contributed by atoms with Crippen molar-refractivity contribution in [1.29, 1.82) is 0 Å². The fourth-order valence-electron chi connectivity index (χ4n) is 3.57. The Morgan fingerprint density at radius 3 is 3.03 bits per heavy atom. The van der Waals surface area contributed by atoms with Crippen LogP contribution in [0, 0.1) is 0 Å². The molecule has 1 aliphatic heterocycles. The number of anilines is 2. The zero-order valence-electron chi connectivity index (χ0n) is 15.1. The summed E-state index contributed by atoms with van der Waals surface area (Å²) >= 11 is 1.60. The van der Waals surface area contributed by atoms with Crippen molar-refractivity contribution in [1.82, 2.24) is 24.9 Å². The number of thiazole rings is 1. The molecule has 4 aromatic heterocycles. The van der Waals surface area contributed by atoms with Gasteiger partial charge < -0.3 is 20.8 Å².